The van der Waals surface area contributed by atoms with Crippen LogP contribution in [0.5, 0.6) is 0 Å². The highest BCUT2D eigenvalue weighted by Crippen LogP contribution is 2.27. The van der Waals surface area contributed by atoms with E-state index in [0.717, 1.165) is 29.5 Å². The minimum atomic E-state index is -1.11. The molecule has 3 aromatic carbocycles. The summed E-state index contributed by atoms with van der Waals surface area (Å²) in [5.74, 6) is -1.53. The van der Waals surface area contributed by atoms with Crippen molar-refractivity contribution in [2.24, 2.45) is 0 Å². The monoisotopic (exact) mass is 685 g/mol. The van der Waals surface area contributed by atoms with Crippen LogP contribution in [0.25, 0.3) is 0 Å². The van der Waals surface area contributed by atoms with Gasteiger partial charge in [0.2, 0.25) is 11.8 Å². The lowest BCUT2D eigenvalue weighted by atomic mass is 9.96. The summed E-state index contributed by atoms with van der Waals surface area (Å²) >= 11 is 0. The fourth-order valence-electron chi connectivity index (χ4n) is 5.61. The van der Waals surface area contributed by atoms with Gasteiger partial charge >= 0.3 is 12.1 Å². The van der Waals surface area contributed by atoms with Gasteiger partial charge in [-0.3, -0.25) is 9.59 Å². The van der Waals surface area contributed by atoms with Gasteiger partial charge < -0.3 is 25.0 Å². The van der Waals surface area contributed by atoms with Gasteiger partial charge in [-0.05, 0) is 77.1 Å². The van der Waals surface area contributed by atoms with Crippen LogP contribution in [0.1, 0.15) is 96.0 Å². The zero-order chi connectivity index (χ0) is 36.9. The van der Waals surface area contributed by atoms with Gasteiger partial charge in [-0.15, -0.1) is 0 Å². The predicted octanol–water partition coefficient (Wildman–Crippen LogP) is 7.26. The molecule has 0 aliphatic rings. The number of nitrogens with zero attached hydrogens (tertiary/aromatic N) is 1. The minimum absolute atomic E-state index is 0.180. The minimum Gasteiger partial charge on any atom is -0.458 e. The number of benzene rings is 3. The van der Waals surface area contributed by atoms with Gasteiger partial charge in [0.1, 0.15) is 29.3 Å². The van der Waals surface area contributed by atoms with Crippen LogP contribution >= 0.6 is 0 Å². The van der Waals surface area contributed by atoms with Crippen LogP contribution in [0.2, 0.25) is 0 Å². The molecule has 0 saturated heterocycles. The second kappa shape index (κ2) is 18.4. The molecule has 0 aliphatic heterocycles. The highest BCUT2D eigenvalue weighted by atomic mass is 16.6. The van der Waals surface area contributed by atoms with Crippen molar-refractivity contribution in [3.05, 3.63) is 107 Å². The zero-order valence-corrected chi connectivity index (χ0v) is 31.0. The van der Waals surface area contributed by atoms with Gasteiger partial charge in [-0.25, -0.2) is 9.59 Å². The van der Waals surface area contributed by atoms with Crippen molar-refractivity contribution in [1.29, 1.82) is 0 Å². The molecule has 0 heterocycles. The third kappa shape index (κ3) is 13.0. The number of esters is 1. The molecule has 0 saturated carbocycles. The molecule has 3 unspecified atom stereocenters. The largest absolute Gasteiger partial charge is 0.458 e. The fraction of sp³-hybridized carbons (Fsp3) is 0.463. The highest BCUT2D eigenvalue weighted by molar-refractivity contribution is 5.94. The Morgan fingerprint density at radius 1 is 0.680 bits per heavy atom. The predicted molar refractivity (Wildman–Crippen MR) is 196 cm³/mol. The molecule has 270 valence electrons. The van der Waals surface area contributed by atoms with E-state index in [4.69, 9.17) is 9.47 Å². The van der Waals surface area contributed by atoms with Crippen LogP contribution in [0.15, 0.2) is 84.9 Å². The van der Waals surface area contributed by atoms with Crippen molar-refractivity contribution >= 4 is 23.9 Å². The molecule has 3 aromatic rings. The first-order valence-corrected chi connectivity index (χ1v) is 17.5. The maximum Gasteiger partial charge on any atom is 0.408 e. The summed E-state index contributed by atoms with van der Waals surface area (Å²) in [7, 11) is 0. The van der Waals surface area contributed by atoms with Crippen LogP contribution in [-0.4, -0.2) is 58.6 Å². The number of rotatable bonds is 15. The van der Waals surface area contributed by atoms with Gasteiger partial charge in [-0.2, -0.15) is 0 Å². The Morgan fingerprint density at radius 3 is 1.72 bits per heavy atom. The molecule has 2 N–H and O–H groups in total. The fourth-order valence-corrected chi connectivity index (χ4v) is 5.61. The number of ether oxygens (including phenoxy) is 2. The number of hydrogen-bond acceptors (Lipinski definition) is 6. The second-order valence-electron chi connectivity index (χ2n) is 14.7. The van der Waals surface area contributed by atoms with Crippen LogP contribution in [-0.2, 0) is 36.7 Å². The number of hydrogen-bond donors (Lipinski definition) is 2. The third-order valence-corrected chi connectivity index (χ3v) is 7.89. The first-order valence-electron chi connectivity index (χ1n) is 17.5. The first kappa shape index (κ1) is 39.8. The molecule has 3 amide bonds. The van der Waals surface area contributed by atoms with Gasteiger partial charge in [-0.1, -0.05) is 105 Å². The SMILES string of the molecule is CCCCCN(C(=O)C(Cc1ccccc1)NC(=O)OC(C)(C)C)C(C(=O)NC(Cc1ccccc1)C(=O)OC(C)(C)C)c1ccccc1C. The van der Waals surface area contributed by atoms with Crippen molar-refractivity contribution in [2.45, 2.75) is 117 Å². The second-order valence-corrected chi connectivity index (χ2v) is 14.7. The van der Waals surface area contributed by atoms with Crippen LogP contribution in [0, 0.1) is 6.92 Å². The van der Waals surface area contributed by atoms with Crippen molar-refractivity contribution < 1.29 is 28.7 Å². The lowest BCUT2D eigenvalue weighted by molar-refractivity contribution is -0.159. The Labute approximate surface area is 298 Å². The summed E-state index contributed by atoms with van der Waals surface area (Å²) in [6.45, 7) is 14.8. The normalized spacial score (nSPS) is 13.4. The van der Waals surface area contributed by atoms with Gasteiger partial charge in [0.15, 0.2) is 0 Å². The van der Waals surface area contributed by atoms with E-state index >= 15 is 0 Å². The van der Waals surface area contributed by atoms with Crippen LogP contribution < -0.4 is 10.6 Å². The van der Waals surface area contributed by atoms with E-state index in [1.54, 1.807) is 46.4 Å². The summed E-state index contributed by atoms with van der Waals surface area (Å²) in [5, 5.41) is 5.79. The lowest BCUT2D eigenvalue weighted by Crippen LogP contribution is -2.55. The Morgan fingerprint density at radius 2 is 1.20 bits per heavy atom. The molecular weight excluding hydrogens is 630 g/mol. The summed E-state index contributed by atoms with van der Waals surface area (Å²) in [4.78, 5) is 57.9. The summed E-state index contributed by atoms with van der Waals surface area (Å²) in [6, 6.07) is 23.0. The maximum atomic E-state index is 14.9. The average Bonchev–Trinajstić information content (AvgIpc) is 3.03. The molecule has 0 radical (unpaired) electrons. The van der Waals surface area contributed by atoms with Crippen LogP contribution in [0.4, 0.5) is 4.79 Å². The summed E-state index contributed by atoms with van der Waals surface area (Å²) in [6.07, 6.45) is 1.99. The number of carbonyl (C=O) groups excluding carboxylic acids is 4. The quantitative estimate of drug-likeness (QED) is 0.129. The molecular formula is C41H55N3O6. The molecule has 0 aromatic heterocycles. The van der Waals surface area contributed by atoms with Gasteiger partial charge in [0.05, 0.1) is 0 Å². The van der Waals surface area contributed by atoms with Crippen molar-refractivity contribution in [1.82, 2.24) is 15.5 Å². The van der Waals surface area contributed by atoms with E-state index in [0.29, 0.717) is 12.0 Å². The van der Waals surface area contributed by atoms with Crippen molar-refractivity contribution in [2.75, 3.05) is 6.54 Å². The Kier molecular flexibility index (Phi) is 14.6. The maximum absolute atomic E-state index is 14.9. The molecule has 3 atom stereocenters. The van der Waals surface area contributed by atoms with E-state index < -0.39 is 53.2 Å². The number of carbonyl (C=O) groups is 4. The summed E-state index contributed by atoms with van der Waals surface area (Å²) in [5.41, 5.74) is 1.53. The molecule has 0 aliphatic carbocycles. The van der Waals surface area contributed by atoms with E-state index in [1.807, 2.05) is 91.9 Å². The van der Waals surface area contributed by atoms with Crippen LogP contribution in [0.3, 0.4) is 0 Å². The van der Waals surface area contributed by atoms with Crippen molar-refractivity contribution in [3.8, 4) is 0 Å². The third-order valence-electron chi connectivity index (χ3n) is 7.89. The van der Waals surface area contributed by atoms with Crippen molar-refractivity contribution in [3.63, 3.8) is 0 Å². The molecule has 0 fully saturated rings. The Bertz CT molecular complexity index is 1550. The van der Waals surface area contributed by atoms with Gasteiger partial charge in [0.25, 0.3) is 0 Å². The number of aryl methyl sites for hydroxylation is 1. The zero-order valence-electron chi connectivity index (χ0n) is 31.0. The Balaban J connectivity index is 2.12. The first-order chi connectivity index (χ1) is 23.6. The number of unbranched alkanes of at least 4 members (excludes halogenated alkanes) is 2. The molecule has 9 heteroatoms. The number of nitrogens with one attached hydrogen (secondary N) is 2. The molecule has 3 rings (SSSR count). The van der Waals surface area contributed by atoms with E-state index in [-0.39, 0.29) is 19.4 Å². The number of amides is 3. The standard InChI is InChI=1S/C41H55N3O6/c1-9-10-19-26-44(37(46)33(27-30-21-13-11-14-22-30)43-39(48)50-41(6,7)8)35(32-25-18-17-20-29(32)2)36(45)42-34(38(47)49-40(3,4)5)28-31-23-15-12-16-24-31/h11-18,20-25,33-35H,9-10,19,26-28H2,1-8H3,(H,42,45)(H,43,48). The smallest absolute Gasteiger partial charge is 0.408 e. The number of alkyl carbamates (subject to hydrolysis) is 1. The van der Waals surface area contributed by atoms with E-state index in [2.05, 4.69) is 17.6 Å². The average molecular weight is 686 g/mol. The Hall–Kier alpha value is -4.66. The molecule has 9 nitrogen and oxygen atoms in total. The van der Waals surface area contributed by atoms with E-state index in [9.17, 15) is 19.2 Å². The lowest BCUT2D eigenvalue weighted by Gasteiger charge is -2.36. The summed E-state index contributed by atoms with van der Waals surface area (Å²) < 4.78 is 11.3. The molecule has 0 spiro atoms. The topological polar surface area (TPSA) is 114 Å². The molecule has 50 heavy (non-hydrogen) atoms. The van der Waals surface area contributed by atoms with Gasteiger partial charge in [0, 0.05) is 19.4 Å². The highest BCUT2D eigenvalue weighted by Gasteiger charge is 2.38. The molecule has 0 bridgehead atoms. The van der Waals surface area contributed by atoms with E-state index in [1.165, 1.54) is 0 Å².